The number of ether oxygens (including phenoxy) is 1. The number of anilines is 1. The van der Waals surface area contributed by atoms with E-state index in [1.54, 1.807) is 18.4 Å². The van der Waals surface area contributed by atoms with E-state index in [4.69, 9.17) is 15.0 Å². The number of benzene rings is 1. The molecular formula is C32H41N5O2S. The van der Waals surface area contributed by atoms with E-state index in [2.05, 4.69) is 79.4 Å². The van der Waals surface area contributed by atoms with Gasteiger partial charge in [-0.25, -0.2) is 10.2 Å². The standard InChI is InChI=1S/C31H40N4O2S.CHN/c1-21(2)30-26(23-9-6-10-24(17-23)37-5)19-27(28-12-7-13-33(28)4)31(32-30)34-14-15-35(22(3)20-34)29(36)18-25-11-8-16-38-25;1-2/h6,8-11,16-17,19,21-22,28H,7,12-15,18,20H2,1-5H3;1H. The fraction of sp³-hybridized carbons (Fsp3) is 0.469. The van der Waals surface area contributed by atoms with Gasteiger partial charge in [0.1, 0.15) is 11.6 Å². The molecule has 3 aromatic rings. The summed E-state index contributed by atoms with van der Waals surface area (Å²) in [4.78, 5) is 26.6. The number of nitriles is 1. The third kappa shape index (κ3) is 6.32. The third-order valence-corrected chi connectivity index (χ3v) is 8.90. The minimum atomic E-state index is 0.132. The van der Waals surface area contributed by atoms with E-state index < -0.39 is 0 Å². The second kappa shape index (κ2) is 13.3. The molecule has 7 nitrogen and oxygen atoms in total. The summed E-state index contributed by atoms with van der Waals surface area (Å²) in [7, 11) is 3.95. The van der Waals surface area contributed by atoms with E-state index in [1.165, 1.54) is 17.5 Å². The molecule has 0 aliphatic carbocycles. The van der Waals surface area contributed by atoms with Crippen molar-refractivity contribution in [2.24, 2.45) is 0 Å². The van der Waals surface area contributed by atoms with Gasteiger partial charge in [-0.15, -0.1) is 11.3 Å². The molecule has 2 aromatic heterocycles. The first kappa shape index (κ1) is 29.6. The molecule has 1 aromatic carbocycles. The van der Waals surface area contributed by atoms with E-state index in [0.29, 0.717) is 12.5 Å². The molecule has 4 heterocycles. The predicted molar refractivity (Wildman–Crippen MR) is 163 cm³/mol. The largest absolute Gasteiger partial charge is 0.497 e. The maximum absolute atomic E-state index is 13.1. The molecule has 2 aliphatic heterocycles. The number of thiophene rings is 1. The lowest BCUT2D eigenvalue weighted by Crippen LogP contribution is -2.55. The van der Waals surface area contributed by atoms with Gasteiger partial charge < -0.3 is 14.5 Å². The number of pyridine rings is 1. The highest BCUT2D eigenvalue weighted by molar-refractivity contribution is 7.10. The fourth-order valence-electron chi connectivity index (χ4n) is 5.98. The number of hydrogen-bond donors (Lipinski definition) is 0. The summed E-state index contributed by atoms with van der Waals surface area (Å²) >= 11 is 1.66. The number of carbonyl (C=O) groups excluding carboxylic acids is 1. The number of amides is 1. The summed E-state index contributed by atoms with van der Waals surface area (Å²) < 4.78 is 5.55. The van der Waals surface area contributed by atoms with E-state index >= 15 is 0 Å². The lowest BCUT2D eigenvalue weighted by Gasteiger charge is -2.42. The number of carbonyl (C=O) groups is 1. The van der Waals surface area contributed by atoms with Crippen LogP contribution in [-0.2, 0) is 11.2 Å². The van der Waals surface area contributed by atoms with Crippen molar-refractivity contribution in [1.29, 1.82) is 5.26 Å². The summed E-state index contributed by atoms with van der Waals surface area (Å²) in [5.41, 5.74) is 4.75. The van der Waals surface area contributed by atoms with Crippen molar-refractivity contribution in [2.75, 3.05) is 45.2 Å². The SMILES string of the molecule is C#N.COc1cccc(-c2cc(C3CCCN3C)c(N3CCN(C(=O)Cc4cccs4)C(C)C3)nc2C(C)C)c1. The molecule has 0 spiro atoms. The number of aromatic nitrogens is 1. The van der Waals surface area contributed by atoms with E-state index in [1.807, 2.05) is 17.5 Å². The van der Waals surface area contributed by atoms with Crippen LogP contribution in [-0.4, -0.2) is 67.1 Å². The van der Waals surface area contributed by atoms with Crippen LogP contribution < -0.4 is 9.64 Å². The Balaban J connectivity index is 0.00000181. The monoisotopic (exact) mass is 559 g/mol. The zero-order chi connectivity index (χ0) is 28.8. The molecule has 1 amide bonds. The Morgan fingerprint density at radius 3 is 2.60 bits per heavy atom. The Morgan fingerprint density at radius 1 is 1.18 bits per heavy atom. The molecule has 5 rings (SSSR count). The van der Waals surface area contributed by atoms with Crippen LogP contribution in [0, 0.1) is 11.8 Å². The van der Waals surface area contributed by atoms with Crippen molar-refractivity contribution in [1.82, 2.24) is 14.8 Å². The van der Waals surface area contributed by atoms with Crippen LogP contribution in [0.3, 0.4) is 0 Å². The van der Waals surface area contributed by atoms with Crippen molar-refractivity contribution in [2.45, 2.75) is 58.0 Å². The highest BCUT2D eigenvalue weighted by atomic mass is 32.1. The van der Waals surface area contributed by atoms with Gasteiger partial charge in [0.15, 0.2) is 0 Å². The summed E-state index contributed by atoms with van der Waals surface area (Å²) in [6, 6.07) is 15.3. The summed E-state index contributed by atoms with van der Waals surface area (Å²) in [6.45, 7) is 13.5. The number of methoxy groups -OCH3 is 1. The Labute approximate surface area is 243 Å². The Kier molecular flexibility index (Phi) is 9.83. The molecule has 0 N–H and O–H groups in total. The molecule has 8 heteroatoms. The van der Waals surface area contributed by atoms with Gasteiger partial charge >= 0.3 is 0 Å². The van der Waals surface area contributed by atoms with Gasteiger partial charge in [-0.2, -0.15) is 0 Å². The Morgan fingerprint density at radius 2 is 1.98 bits per heavy atom. The van der Waals surface area contributed by atoms with Gasteiger partial charge in [-0.05, 0) is 74.5 Å². The van der Waals surface area contributed by atoms with Gasteiger partial charge in [-0.1, -0.05) is 32.0 Å². The first-order chi connectivity index (χ1) is 19.4. The van der Waals surface area contributed by atoms with E-state index in [-0.39, 0.29) is 17.9 Å². The molecule has 2 aliphatic rings. The van der Waals surface area contributed by atoms with Crippen LogP contribution in [0.5, 0.6) is 5.75 Å². The van der Waals surface area contributed by atoms with Gasteiger partial charge in [-0.3, -0.25) is 9.69 Å². The van der Waals surface area contributed by atoms with Crippen molar-refractivity contribution in [3.05, 3.63) is 64.0 Å². The zero-order valence-electron chi connectivity index (χ0n) is 24.3. The summed E-state index contributed by atoms with van der Waals surface area (Å²) in [6.07, 6.45) is 2.83. The average molecular weight is 560 g/mol. The van der Waals surface area contributed by atoms with Crippen LogP contribution in [0.1, 0.15) is 61.7 Å². The number of hydrogen-bond acceptors (Lipinski definition) is 7. The highest BCUT2D eigenvalue weighted by Gasteiger charge is 2.33. The predicted octanol–water partition coefficient (Wildman–Crippen LogP) is 6.13. The number of likely N-dealkylation sites (tertiary alicyclic amines) is 1. The molecule has 40 heavy (non-hydrogen) atoms. The molecule has 2 unspecified atom stereocenters. The van der Waals surface area contributed by atoms with Gasteiger partial charge in [0.2, 0.25) is 5.91 Å². The molecule has 2 fully saturated rings. The number of rotatable bonds is 7. The van der Waals surface area contributed by atoms with Crippen LogP contribution in [0.4, 0.5) is 5.82 Å². The average Bonchev–Trinajstić information content (AvgIpc) is 3.64. The summed E-state index contributed by atoms with van der Waals surface area (Å²) in [5.74, 6) is 2.45. The number of piperazine rings is 1. The van der Waals surface area contributed by atoms with E-state index in [0.717, 1.165) is 60.3 Å². The fourth-order valence-corrected chi connectivity index (χ4v) is 6.68. The molecule has 2 atom stereocenters. The Hall–Kier alpha value is -3.41. The van der Waals surface area contributed by atoms with Crippen molar-refractivity contribution < 1.29 is 9.53 Å². The zero-order valence-corrected chi connectivity index (χ0v) is 25.2. The molecule has 2 saturated heterocycles. The van der Waals surface area contributed by atoms with Gasteiger partial charge in [0.25, 0.3) is 0 Å². The minimum Gasteiger partial charge on any atom is -0.497 e. The maximum Gasteiger partial charge on any atom is 0.228 e. The first-order valence-corrected chi connectivity index (χ1v) is 15.0. The first-order valence-electron chi connectivity index (χ1n) is 14.1. The molecule has 0 bridgehead atoms. The topological polar surface area (TPSA) is 72.7 Å². The molecule has 0 saturated carbocycles. The van der Waals surface area contributed by atoms with Crippen LogP contribution in [0.15, 0.2) is 47.8 Å². The van der Waals surface area contributed by atoms with Gasteiger partial charge in [0.05, 0.1) is 19.2 Å². The molecule has 212 valence electrons. The molecular weight excluding hydrogens is 518 g/mol. The second-order valence-corrected chi connectivity index (χ2v) is 12.0. The van der Waals surface area contributed by atoms with Crippen LogP contribution in [0.25, 0.3) is 11.1 Å². The molecule has 0 radical (unpaired) electrons. The lowest BCUT2D eigenvalue weighted by molar-refractivity contribution is -0.132. The minimum absolute atomic E-state index is 0.132. The smallest absolute Gasteiger partial charge is 0.228 e. The third-order valence-electron chi connectivity index (χ3n) is 8.02. The van der Waals surface area contributed by atoms with Crippen LogP contribution >= 0.6 is 11.3 Å². The second-order valence-electron chi connectivity index (χ2n) is 11.0. The van der Waals surface area contributed by atoms with Crippen molar-refractivity contribution in [3.8, 4) is 23.4 Å². The quantitative estimate of drug-likeness (QED) is 0.347. The van der Waals surface area contributed by atoms with Crippen molar-refractivity contribution in [3.63, 3.8) is 0 Å². The highest BCUT2D eigenvalue weighted by Crippen LogP contribution is 2.41. The van der Waals surface area contributed by atoms with E-state index in [9.17, 15) is 4.79 Å². The van der Waals surface area contributed by atoms with Crippen LogP contribution in [0.2, 0.25) is 0 Å². The Bertz CT molecular complexity index is 1310. The maximum atomic E-state index is 13.1. The normalized spacial score (nSPS) is 19.4. The number of nitrogens with zero attached hydrogens (tertiary/aromatic N) is 5. The van der Waals surface area contributed by atoms with Crippen molar-refractivity contribution >= 4 is 23.1 Å². The van der Waals surface area contributed by atoms with Gasteiger partial charge in [0, 0.05) is 54.3 Å². The lowest BCUT2D eigenvalue weighted by atomic mass is 9.93. The summed E-state index contributed by atoms with van der Waals surface area (Å²) in [5, 5.41) is 8.54.